The lowest BCUT2D eigenvalue weighted by Crippen LogP contribution is -2.21. The molecule has 66 valence electrons. The van der Waals surface area contributed by atoms with Gasteiger partial charge in [-0.3, -0.25) is 4.79 Å². The lowest BCUT2D eigenvalue weighted by Gasteiger charge is -2.25. The van der Waals surface area contributed by atoms with Crippen LogP contribution in [0.1, 0.15) is 32.6 Å². The summed E-state index contributed by atoms with van der Waals surface area (Å²) in [4.78, 5) is 11.5. The van der Waals surface area contributed by atoms with Gasteiger partial charge in [-0.25, -0.2) is 0 Å². The molecule has 5 atom stereocenters. The first-order chi connectivity index (χ1) is 5.77. The Balaban J connectivity index is 1.95. The van der Waals surface area contributed by atoms with E-state index in [1.807, 2.05) is 0 Å². The van der Waals surface area contributed by atoms with E-state index in [4.69, 9.17) is 0 Å². The van der Waals surface area contributed by atoms with Gasteiger partial charge in [-0.2, -0.15) is 0 Å². The minimum Gasteiger partial charge on any atom is -0.299 e. The summed E-state index contributed by atoms with van der Waals surface area (Å²) in [6.45, 7) is 2.16. The number of fused-ring (bicyclic) bond motifs is 5. The molecule has 0 spiro atoms. The van der Waals surface area contributed by atoms with Crippen molar-refractivity contribution in [1.82, 2.24) is 0 Å². The zero-order valence-corrected chi connectivity index (χ0v) is 7.62. The second kappa shape index (κ2) is 2.12. The Morgan fingerprint density at radius 2 is 2.00 bits per heavy atom. The fourth-order valence-electron chi connectivity index (χ4n) is 4.17. The standard InChI is InChI=1S/C11H16O/c1-6-10(12)5-9-7-2-3-8(4-7)11(6)9/h6-9,11H,2-5H2,1H3/t6?,7-,8?,9?,11?/m0/s1. The molecule has 3 aliphatic carbocycles. The summed E-state index contributed by atoms with van der Waals surface area (Å²) < 4.78 is 0. The van der Waals surface area contributed by atoms with Gasteiger partial charge in [0.2, 0.25) is 0 Å². The molecule has 0 aromatic carbocycles. The van der Waals surface area contributed by atoms with Crippen molar-refractivity contribution in [2.75, 3.05) is 0 Å². The van der Waals surface area contributed by atoms with Gasteiger partial charge in [-0.15, -0.1) is 0 Å². The van der Waals surface area contributed by atoms with Gasteiger partial charge in [-0.05, 0) is 42.9 Å². The second-order valence-electron chi connectivity index (χ2n) is 5.03. The molecule has 0 amide bonds. The molecule has 0 heterocycles. The van der Waals surface area contributed by atoms with E-state index in [0.29, 0.717) is 11.7 Å². The van der Waals surface area contributed by atoms with Gasteiger partial charge < -0.3 is 0 Å². The quantitative estimate of drug-likeness (QED) is 0.536. The second-order valence-corrected chi connectivity index (χ2v) is 5.03. The predicted molar refractivity (Wildman–Crippen MR) is 46.6 cm³/mol. The van der Waals surface area contributed by atoms with Crippen LogP contribution in [-0.2, 0) is 4.79 Å². The van der Waals surface area contributed by atoms with E-state index in [1.54, 1.807) is 0 Å². The molecule has 1 nitrogen and oxygen atoms in total. The number of hydrogen-bond donors (Lipinski definition) is 0. The normalized spacial score (nSPS) is 56.4. The zero-order valence-electron chi connectivity index (χ0n) is 7.62. The summed E-state index contributed by atoms with van der Waals surface area (Å²) in [5.74, 6) is 4.45. The van der Waals surface area contributed by atoms with Crippen molar-refractivity contribution in [1.29, 1.82) is 0 Å². The minimum atomic E-state index is 0.408. The number of hydrogen-bond acceptors (Lipinski definition) is 1. The Morgan fingerprint density at radius 3 is 2.75 bits per heavy atom. The van der Waals surface area contributed by atoms with E-state index in [9.17, 15) is 4.79 Å². The largest absolute Gasteiger partial charge is 0.299 e. The first-order valence-electron chi connectivity index (χ1n) is 5.30. The van der Waals surface area contributed by atoms with E-state index < -0.39 is 0 Å². The Bertz CT molecular complexity index is 233. The highest BCUT2D eigenvalue weighted by molar-refractivity contribution is 5.83. The molecule has 0 radical (unpaired) electrons. The molecule has 3 saturated carbocycles. The van der Waals surface area contributed by atoms with Gasteiger partial charge in [0.15, 0.2) is 0 Å². The van der Waals surface area contributed by atoms with Crippen LogP contribution in [0, 0.1) is 29.6 Å². The van der Waals surface area contributed by atoms with Crippen molar-refractivity contribution in [3.63, 3.8) is 0 Å². The van der Waals surface area contributed by atoms with Crippen LogP contribution < -0.4 is 0 Å². The van der Waals surface area contributed by atoms with E-state index in [1.165, 1.54) is 19.3 Å². The third kappa shape index (κ3) is 0.681. The molecule has 0 aromatic heterocycles. The van der Waals surface area contributed by atoms with Crippen molar-refractivity contribution in [3.05, 3.63) is 0 Å². The first kappa shape index (κ1) is 7.11. The summed E-state index contributed by atoms with van der Waals surface area (Å²) in [5.41, 5.74) is 0. The van der Waals surface area contributed by atoms with Gasteiger partial charge in [-0.1, -0.05) is 6.92 Å². The van der Waals surface area contributed by atoms with Crippen LogP contribution in [0.15, 0.2) is 0 Å². The SMILES string of the molecule is CC1C(=O)CC2C1C1CC[C@H]2C1. The van der Waals surface area contributed by atoms with Crippen molar-refractivity contribution in [2.45, 2.75) is 32.6 Å². The van der Waals surface area contributed by atoms with Crippen LogP contribution in [0.3, 0.4) is 0 Å². The first-order valence-corrected chi connectivity index (χ1v) is 5.30. The zero-order chi connectivity index (χ0) is 8.29. The molecule has 3 rings (SSSR count). The third-order valence-electron chi connectivity index (χ3n) is 4.68. The highest BCUT2D eigenvalue weighted by Crippen LogP contribution is 2.59. The minimum absolute atomic E-state index is 0.408. The molecule has 3 fully saturated rings. The molecule has 3 aliphatic rings. The number of carbonyl (C=O) groups is 1. The van der Waals surface area contributed by atoms with E-state index in [2.05, 4.69) is 6.92 Å². The van der Waals surface area contributed by atoms with Crippen molar-refractivity contribution < 1.29 is 4.79 Å². The number of Topliss-reactive ketones (excluding diaryl/α,β-unsaturated/α-hetero) is 1. The summed E-state index contributed by atoms with van der Waals surface area (Å²) in [7, 11) is 0. The molecular weight excluding hydrogens is 148 g/mol. The Kier molecular flexibility index (Phi) is 1.26. The van der Waals surface area contributed by atoms with Gasteiger partial charge in [0.05, 0.1) is 0 Å². The summed E-state index contributed by atoms with van der Waals surface area (Å²) in [5, 5.41) is 0. The van der Waals surface area contributed by atoms with E-state index >= 15 is 0 Å². The Labute approximate surface area is 73.5 Å². The van der Waals surface area contributed by atoms with Crippen LogP contribution in [0.25, 0.3) is 0 Å². The van der Waals surface area contributed by atoms with Gasteiger partial charge in [0.1, 0.15) is 5.78 Å². The maximum Gasteiger partial charge on any atom is 0.136 e. The Morgan fingerprint density at radius 1 is 1.25 bits per heavy atom. The number of rotatable bonds is 0. The van der Waals surface area contributed by atoms with Gasteiger partial charge in [0.25, 0.3) is 0 Å². The Hall–Kier alpha value is -0.330. The highest BCUT2D eigenvalue weighted by Gasteiger charge is 2.54. The fourth-order valence-corrected chi connectivity index (χ4v) is 4.17. The van der Waals surface area contributed by atoms with Crippen LogP contribution in [0.4, 0.5) is 0 Å². The topological polar surface area (TPSA) is 17.1 Å². The third-order valence-corrected chi connectivity index (χ3v) is 4.68. The monoisotopic (exact) mass is 164 g/mol. The average molecular weight is 164 g/mol. The van der Waals surface area contributed by atoms with Gasteiger partial charge in [0, 0.05) is 12.3 Å². The molecule has 0 aliphatic heterocycles. The maximum absolute atomic E-state index is 11.5. The number of ketones is 1. The molecule has 12 heavy (non-hydrogen) atoms. The van der Waals surface area contributed by atoms with E-state index in [-0.39, 0.29) is 0 Å². The maximum atomic E-state index is 11.5. The van der Waals surface area contributed by atoms with Crippen LogP contribution in [0.2, 0.25) is 0 Å². The van der Waals surface area contributed by atoms with Crippen molar-refractivity contribution in [2.24, 2.45) is 29.6 Å². The van der Waals surface area contributed by atoms with Crippen molar-refractivity contribution in [3.8, 4) is 0 Å². The molecular formula is C11H16O. The summed E-state index contributed by atoms with van der Waals surface area (Å²) >= 11 is 0. The summed E-state index contributed by atoms with van der Waals surface area (Å²) in [6.07, 6.45) is 5.22. The van der Waals surface area contributed by atoms with Crippen LogP contribution in [-0.4, -0.2) is 5.78 Å². The lowest BCUT2D eigenvalue weighted by atomic mass is 9.78. The smallest absolute Gasteiger partial charge is 0.136 e. The van der Waals surface area contributed by atoms with E-state index in [0.717, 1.165) is 30.1 Å². The van der Waals surface area contributed by atoms with Crippen LogP contribution >= 0.6 is 0 Å². The van der Waals surface area contributed by atoms with Crippen LogP contribution in [0.5, 0.6) is 0 Å². The molecule has 4 unspecified atom stereocenters. The van der Waals surface area contributed by atoms with Gasteiger partial charge >= 0.3 is 0 Å². The average Bonchev–Trinajstić information content (AvgIpc) is 2.66. The molecule has 1 heteroatoms. The lowest BCUT2D eigenvalue weighted by molar-refractivity contribution is -0.121. The predicted octanol–water partition coefficient (Wildman–Crippen LogP) is 2.26. The number of carbonyl (C=O) groups excluding carboxylic acids is 1. The molecule has 0 N–H and O–H groups in total. The highest BCUT2D eigenvalue weighted by atomic mass is 16.1. The fraction of sp³-hybridized carbons (Fsp3) is 0.909. The molecule has 0 saturated heterocycles. The molecule has 0 aromatic rings. The molecule has 2 bridgehead atoms. The van der Waals surface area contributed by atoms with Crippen molar-refractivity contribution >= 4 is 5.78 Å². The summed E-state index contributed by atoms with van der Waals surface area (Å²) in [6, 6.07) is 0.